The molecule has 0 spiro atoms. The van der Waals surface area contributed by atoms with Crippen LogP contribution < -0.4 is 16.2 Å². The minimum Gasteiger partial charge on any atom is -0.481 e. The summed E-state index contributed by atoms with van der Waals surface area (Å²) in [7, 11) is 0. The van der Waals surface area contributed by atoms with Crippen LogP contribution in [-0.2, 0) is 9.59 Å². The summed E-state index contributed by atoms with van der Waals surface area (Å²) < 4.78 is 0. The minimum absolute atomic E-state index is 0.237. The van der Waals surface area contributed by atoms with Crippen LogP contribution in [0.25, 0.3) is 0 Å². The first-order chi connectivity index (χ1) is 12.8. The van der Waals surface area contributed by atoms with Crippen LogP contribution in [0.4, 0.5) is 5.69 Å². The Morgan fingerprint density at radius 3 is 2.19 bits per heavy atom. The number of nitrogens with one attached hydrogen (secondary N) is 3. The van der Waals surface area contributed by atoms with Gasteiger partial charge in [-0.15, -0.1) is 0 Å². The van der Waals surface area contributed by atoms with Gasteiger partial charge in [0.05, 0.1) is 6.42 Å². The molecule has 2 rings (SSSR count). The molecule has 0 aromatic heterocycles. The monoisotopic (exact) mass is 369 g/mol. The number of amides is 3. The van der Waals surface area contributed by atoms with Crippen LogP contribution in [-0.4, -0.2) is 28.8 Å². The van der Waals surface area contributed by atoms with Gasteiger partial charge in [0.1, 0.15) is 0 Å². The Labute approximate surface area is 155 Å². The molecule has 0 fully saturated rings. The van der Waals surface area contributed by atoms with E-state index >= 15 is 0 Å². The second-order valence-electron chi connectivity index (χ2n) is 5.80. The van der Waals surface area contributed by atoms with E-state index < -0.39 is 17.8 Å². The van der Waals surface area contributed by atoms with Crippen molar-refractivity contribution in [2.24, 2.45) is 0 Å². The SMILES string of the molecule is Cc1cccc(C(=O)Nc2ccc(C(=O)NNC(=O)CCC(=O)O)cc2)c1. The third kappa shape index (κ3) is 6.28. The molecule has 2 aromatic rings. The highest BCUT2D eigenvalue weighted by Crippen LogP contribution is 2.12. The highest BCUT2D eigenvalue weighted by atomic mass is 16.4. The van der Waals surface area contributed by atoms with E-state index in [-0.39, 0.29) is 24.3 Å². The normalized spacial score (nSPS) is 9.96. The standard InChI is InChI=1S/C19H19N3O5/c1-12-3-2-4-14(11-12)18(26)20-15-7-5-13(6-8-15)19(27)22-21-16(23)9-10-17(24)25/h2-8,11H,9-10H2,1H3,(H,20,26)(H,21,23)(H,22,27)(H,24,25). The van der Waals surface area contributed by atoms with Crippen molar-refractivity contribution in [2.45, 2.75) is 19.8 Å². The number of anilines is 1. The van der Waals surface area contributed by atoms with E-state index in [4.69, 9.17) is 5.11 Å². The van der Waals surface area contributed by atoms with E-state index in [9.17, 15) is 19.2 Å². The van der Waals surface area contributed by atoms with Gasteiger partial charge in [-0.25, -0.2) is 0 Å². The van der Waals surface area contributed by atoms with E-state index in [0.29, 0.717) is 11.3 Å². The molecule has 8 nitrogen and oxygen atoms in total. The lowest BCUT2D eigenvalue weighted by molar-refractivity contribution is -0.138. The van der Waals surface area contributed by atoms with Gasteiger partial charge in [0, 0.05) is 23.2 Å². The molecule has 27 heavy (non-hydrogen) atoms. The number of hydrazine groups is 1. The lowest BCUT2D eigenvalue weighted by atomic mass is 10.1. The lowest BCUT2D eigenvalue weighted by Gasteiger charge is -2.09. The van der Waals surface area contributed by atoms with Crippen LogP contribution in [0.5, 0.6) is 0 Å². The molecular weight excluding hydrogens is 350 g/mol. The first kappa shape index (κ1) is 19.6. The maximum Gasteiger partial charge on any atom is 0.303 e. The van der Waals surface area contributed by atoms with Gasteiger partial charge in [-0.1, -0.05) is 17.7 Å². The van der Waals surface area contributed by atoms with Crippen LogP contribution in [0, 0.1) is 6.92 Å². The molecule has 0 saturated heterocycles. The average Bonchev–Trinajstić information content (AvgIpc) is 2.65. The van der Waals surface area contributed by atoms with Crippen molar-refractivity contribution in [3.63, 3.8) is 0 Å². The molecule has 3 amide bonds. The number of benzene rings is 2. The fourth-order valence-corrected chi connectivity index (χ4v) is 2.18. The molecule has 4 N–H and O–H groups in total. The first-order valence-electron chi connectivity index (χ1n) is 8.14. The molecule has 0 aliphatic rings. The van der Waals surface area contributed by atoms with Gasteiger partial charge in [0.25, 0.3) is 11.8 Å². The van der Waals surface area contributed by atoms with Gasteiger partial charge in [0.2, 0.25) is 5.91 Å². The molecule has 8 heteroatoms. The summed E-state index contributed by atoms with van der Waals surface area (Å²) in [5.41, 5.74) is 6.62. The molecule has 0 unspecified atom stereocenters. The zero-order valence-electron chi connectivity index (χ0n) is 14.6. The Balaban J connectivity index is 1.88. The Morgan fingerprint density at radius 2 is 1.56 bits per heavy atom. The van der Waals surface area contributed by atoms with E-state index in [0.717, 1.165) is 5.56 Å². The van der Waals surface area contributed by atoms with Crippen molar-refractivity contribution in [3.8, 4) is 0 Å². The highest BCUT2D eigenvalue weighted by Gasteiger charge is 2.10. The molecule has 0 atom stereocenters. The van der Waals surface area contributed by atoms with Crippen LogP contribution >= 0.6 is 0 Å². The predicted octanol–water partition coefficient (Wildman–Crippen LogP) is 1.87. The second-order valence-corrected chi connectivity index (χ2v) is 5.80. The third-order valence-corrected chi connectivity index (χ3v) is 3.57. The molecular formula is C19H19N3O5. The van der Waals surface area contributed by atoms with Crippen molar-refractivity contribution < 1.29 is 24.3 Å². The van der Waals surface area contributed by atoms with Gasteiger partial charge < -0.3 is 10.4 Å². The number of rotatable bonds is 6. The summed E-state index contributed by atoms with van der Waals surface area (Å²) in [6.45, 7) is 1.89. The van der Waals surface area contributed by atoms with Crippen molar-refractivity contribution in [1.29, 1.82) is 0 Å². The molecule has 0 bridgehead atoms. The third-order valence-electron chi connectivity index (χ3n) is 3.57. The number of hydrogen-bond acceptors (Lipinski definition) is 4. The summed E-state index contributed by atoms with van der Waals surface area (Å²) in [6, 6.07) is 13.3. The zero-order valence-corrected chi connectivity index (χ0v) is 14.6. The second kappa shape index (κ2) is 9.14. The molecule has 0 aliphatic carbocycles. The Bertz CT molecular complexity index is 862. The first-order valence-corrected chi connectivity index (χ1v) is 8.14. The summed E-state index contributed by atoms with van der Waals surface area (Å²) in [6.07, 6.45) is -0.559. The zero-order chi connectivity index (χ0) is 19.8. The number of hydrogen-bond donors (Lipinski definition) is 4. The molecule has 0 radical (unpaired) electrons. The summed E-state index contributed by atoms with van der Waals surface area (Å²) >= 11 is 0. The van der Waals surface area contributed by atoms with Crippen molar-refractivity contribution in [1.82, 2.24) is 10.9 Å². The van der Waals surface area contributed by atoms with E-state index in [1.54, 1.807) is 30.3 Å². The smallest absolute Gasteiger partial charge is 0.303 e. The van der Waals surface area contributed by atoms with Crippen LogP contribution in [0.15, 0.2) is 48.5 Å². The largest absolute Gasteiger partial charge is 0.481 e. The van der Waals surface area contributed by atoms with Crippen molar-refractivity contribution in [2.75, 3.05) is 5.32 Å². The minimum atomic E-state index is -1.10. The van der Waals surface area contributed by atoms with Gasteiger partial charge in [-0.05, 0) is 43.3 Å². The Kier molecular flexibility index (Phi) is 6.65. The van der Waals surface area contributed by atoms with Gasteiger partial charge in [-0.3, -0.25) is 30.0 Å². The predicted molar refractivity (Wildman–Crippen MR) is 98.1 cm³/mol. The van der Waals surface area contributed by atoms with Crippen LogP contribution in [0.2, 0.25) is 0 Å². The maximum atomic E-state index is 12.2. The molecule has 0 aliphatic heterocycles. The van der Waals surface area contributed by atoms with Gasteiger partial charge in [-0.2, -0.15) is 0 Å². The fourth-order valence-electron chi connectivity index (χ4n) is 2.18. The number of carbonyl (C=O) groups is 4. The number of carboxylic acids is 1. The van der Waals surface area contributed by atoms with E-state index in [1.807, 2.05) is 13.0 Å². The lowest BCUT2D eigenvalue weighted by Crippen LogP contribution is -2.41. The Morgan fingerprint density at radius 1 is 0.852 bits per heavy atom. The molecule has 2 aromatic carbocycles. The molecule has 0 saturated carbocycles. The topological polar surface area (TPSA) is 125 Å². The average molecular weight is 369 g/mol. The van der Waals surface area contributed by atoms with Gasteiger partial charge >= 0.3 is 5.97 Å². The fraction of sp³-hybridized carbons (Fsp3) is 0.158. The van der Waals surface area contributed by atoms with E-state index in [2.05, 4.69) is 16.2 Å². The summed E-state index contributed by atoms with van der Waals surface area (Å²) in [5, 5.41) is 11.2. The van der Waals surface area contributed by atoms with Crippen LogP contribution in [0.3, 0.4) is 0 Å². The Hall–Kier alpha value is -3.68. The molecule has 140 valence electrons. The van der Waals surface area contributed by atoms with Crippen molar-refractivity contribution >= 4 is 29.4 Å². The molecule has 0 heterocycles. The number of carboxylic acid groups (broad SMARTS) is 1. The van der Waals surface area contributed by atoms with E-state index in [1.165, 1.54) is 12.1 Å². The van der Waals surface area contributed by atoms with Crippen LogP contribution in [0.1, 0.15) is 39.1 Å². The number of aliphatic carboxylic acids is 1. The highest BCUT2D eigenvalue weighted by molar-refractivity contribution is 6.04. The van der Waals surface area contributed by atoms with Crippen molar-refractivity contribution in [3.05, 3.63) is 65.2 Å². The summed E-state index contributed by atoms with van der Waals surface area (Å²) in [4.78, 5) is 45.9. The quantitative estimate of drug-likeness (QED) is 0.579. The number of aryl methyl sites for hydroxylation is 1. The van der Waals surface area contributed by atoms with Gasteiger partial charge in [0.15, 0.2) is 0 Å². The maximum absolute atomic E-state index is 12.2. The summed E-state index contributed by atoms with van der Waals surface area (Å²) in [5.74, 6) is -2.52. The number of carbonyl (C=O) groups excluding carboxylic acids is 3.